The third kappa shape index (κ3) is 5.36. The quantitative estimate of drug-likeness (QED) is 0.171. The fourth-order valence-electron chi connectivity index (χ4n) is 9.63. The van der Waals surface area contributed by atoms with E-state index < -0.39 is 5.41 Å². The number of nitrogens with zero attached hydrogens (tertiary/aromatic N) is 5. The van der Waals surface area contributed by atoms with Crippen molar-refractivity contribution < 1.29 is 9.15 Å². The van der Waals surface area contributed by atoms with E-state index in [9.17, 15) is 0 Å². The highest BCUT2D eigenvalue weighted by atomic mass is 16.5. The zero-order chi connectivity index (χ0) is 41.5. The van der Waals surface area contributed by atoms with E-state index in [0.29, 0.717) is 28.9 Å². The number of hydrogen-bond acceptors (Lipinski definition) is 7. The summed E-state index contributed by atoms with van der Waals surface area (Å²) in [5, 5.41) is 0.947. The van der Waals surface area contributed by atoms with Crippen LogP contribution >= 0.6 is 0 Å². The van der Waals surface area contributed by atoms with E-state index in [0.717, 1.165) is 94.9 Å². The van der Waals surface area contributed by atoms with E-state index in [-0.39, 0.29) is 0 Å². The van der Waals surface area contributed by atoms with Crippen LogP contribution in [0.5, 0.6) is 11.5 Å². The van der Waals surface area contributed by atoms with Crippen molar-refractivity contribution >= 4 is 22.1 Å². The number of fused-ring (bicyclic) bond motifs is 12. The lowest BCUT2D eigenvalue weighted by atomic mass is 9.65. The number of benzene rings is 8. The Morgan fingerprint density at radius 3 is 1.38 bits per heavy atom. The highest BCUT2D eigenvalue weighted by Crippen LogP contribution is 2.62. The normalized spacial score (nSPS) is 13.0. The molecule has 11 aromatic rings. The van der Waals surface area contributed by atoms with Crippen LogP contribution in [0.4, 0.5) is 0 Å². The summed E-state index contributed by atoms with van der Waals surface area (Å²) < 4.78 is 13.2. The monoisotopic (exact) mass is 807 g/mol. The van der Waals surface area contributed by atoms with Gasteiger partial charge in [0.15, 0.2) is 28.9 Å². The van der Waals surface area contributed by atoms with Crippen molar-refractivity contribution in [3.63, 3.8) is 0 Å². The maximum absolute atomic E-state index is 6.73. The lowest BCUT2D eigenvalue weighted by Crippen LogP contribution is -2.32. The fourth-order valence-corrected chi connectivity index (χ4v) is 9.63. The van der Waals surface area contributed by atoms with Gasteiger partial charge >= 0.3 is 0 Å². The Labute approximate surface area is 362 Å². The van der Waals surface area contributed by atoms with E-state index in [1.807, 2.05) is 109 Å². The smallest absolute Gasteiger partial charge is 0.180 e. The first-order valence-electron chi connectivity index (χ1n) is 21.0. The molecule has 13 rings (SSSR count). The molecule has 63 heavy (non-hydrogen) atoms. The number of furan rings is 1. The highest BCUT2D eigenvalue weighted by Gasteiger charge is 2.51. The number of rotatable bonds is 5. The van der Waals surface area contributed by atoms with E-state index in [2.05, 4.69) is 91.0 Å². The maximum atomic E-state index is 6.73. The van der Waals surface area contributed by atoms with Crippen molar-refractivity contribution in [2.45, 2.75) is 5.41 Å². The Morgan fingerprint density at radius 2 is 0.810 bits per heavy atom. The summed E-state index contributed by atoms with van der Waals surface area (Å²) in [7, 11) is 0. The van der Waals surface area contributed by atoms with Gasteiger partial charge in [0.05, 0.1) is 5.41 Å². The largest absolute Gasteiger partial charge is 0.457 e. The summed E-state index contributed by atoms with van der Waals surface area (Å²) in [6, 6.07) is 68.5. The highest BCUT2D eigenvalue weighted by molar-refractivity contribution is 6.07. The van der Waals surface area contributed by atoms with Crippen molar-refractivity contribution in [2.24, 2.45) is 0 Å². The Hall–Kier alpha value is -8.55. The fraction of sp³-hybridized carbons (Fsp3) is 0.0179. The molecular formula is C56H33N5O2. The third-order valence-corrected chi connectivity index (χ3v) is 12.4. The Kier molecular flexibility index (Phi) is 7.68. The lowest BCUT2D eigenvalue weighted by Gasteiger charge is -2.39. The second-order valence-corrected chi connectivity index (χ2v) is 15.9. The number of ether oxygens (including phenoxy) is 1. The average Bonchev–Trinajstić information content (AvgIpc) is 3.87. The van der Waals surface area contributed by atoms with Gasteiger partial charge in [0.1, 0.15) is 28.3 Å². The van der Waals surface area contributed by atoms with Crippen LogP contribution in [-0.4, -0.2) is 24.9 Å². The van der Waals surface area contributed by atoms with Crippen LogP contribution < -0.4 is 4.74 Å². The van der Waals surface area contributed by atoms with Gasteiger partial charge in [-0.1, -0.05) is 164 Å². The number of para-hydroxylation sites is 3. The first kappa shape index (κ1) is 35.2. The van der Waals surface area contributed by atoms with Crippen LogP contribution in [0.15, 0.2) is 205 Å². The van der Waals surface area contributed by atoms with Crippen molar-refractivity contribution in [1.29, 1.82) is 0 Å². The molecule has 0 saturated heterocycles. The molecule has 1 aliphatic carbocycles. The Balaban J connectivity index is 1.07. The first-order valence-corrected chi connectivity index (χ1v) is 21.0. The molecule has 7 heteroatoms. The Morgan fingerprint density at radius 1 is 0.349 bits per heavy atom. The molecule has 7 nitrogen and oxygen atoms in total. The molecular weight excluding hydrogens is 775 g/mol. The minimum atomic E-state index is -0.783. The summed E-state index contributed by atoms with van der Waals surface area (Å²) in [4.78, 5) is 25.9. The topological polar surface area (TPSA) is 86.8 Å². The summed E-state index contributed by atoms with van der Waals surface area (Å²) in [6.45, 7) is 0. The molecule has 294 valence electrons. The molecule has 0 radical (unpaired) electrons. The molecule has 0 amide bonds. The predicted molar refractivity (Wildman–Crippen MR) is 247 cm³/mol. The average molecular weight is 808 g/mol. The predicted octanol–water partition coefficient (Wildman–Crippen LogP) is 13.4. The van der Waals surface area contributed by atoms with Gasteiger partial charge in [0.2, 0.25) is 0 Å². The molecule has 1 spiro atoms. The summed E-state index contributed by atoms with van der Waals surface area (Å²) in [5.74, 6) is 4.04. The van der Waals surface area contributed by atoms with Crippen LogP contribution in [0.2, 0.25) is 0 Å². The van der Waals surface area contributed by atoms with Crippen molar-refractivity contribution in [2.75, 3.05) is 0 Å². The van der Waals surface area contributed by atoms with E-state index in [1.165, 1.54) is 0 Å². The lowest BCUT2D eigenvalue weighted by molar-refractivity contribution is 0.436. The summed E-state index contributed by atoms with van der Waals surface area (Å²) >= 11 is 0. The molecule has 2 aliphatic rings. The molecule has 8 aromatic carbocycles. The van der Waals surface area contributed by atoms with Gasteiger partial charge in [-0.05, 0) is 58.7 Å². The van der Waals surface area contributed by atoms with Gasteiger partial charge in [0.25, 0.3) is 0 Å². The van der Waals surface area contributed by atoms with Crippen LogP contribution in [0.25, 0.3) is 90.0 Å². The van der Waals surface area contributed by atoms with E-state index in [4.69, 9.17) is 34.1 Å². The van der Waals surface area contributed by atoms with Crippen molar-refractivity contribution in [3.8, 4) is 79.4 Å². The third-order valence-electron chi connectivity index (χ3n) is 12.4. The molecule has 1 aliphatic heterocycles. The molecule has 0 saturated carbocycles. The van der Waals surface area contributed by atoms with Gasteiger partial charge in [-0.25, -0.2) is 24.9 Å². The molecule has 0 N–H and O–H groups in total. The van der Waals surface area contributed by atoms with Crippen LogP contribution in [0.1, 0.15) is 22.3 Å². The van der Waals surface area contributed by atoms with Crippen molar-refractivity contribution in [1.82, 2.24) is 24.9 Å². The van der Waals surface area contributed by atoms with Gasteiger partial charge in [-0.2, -0.15) is 0 Å². The minimum Gasteiger partial charge on any atom is -0.457 e. The molecule has 4 heterocycles. The van der Waals surface area contributed by atoms with Gasteiger partial charge < -0.3 is 9.15 Å². The van der Waals surface area contributed by atoms with Crippen LogP contribution in [-0.2, 0) is 5.41 Å². The SMILES string of the molecule is c1ccc(-c2nc(-c3ccccc3)nc(-c3ccc4c(c3)C3(c5ccccc5Oc5ccccc53)c3cc(-c5nc(-c6ccccc6)c6oc7ccccc7c6n5)ccc3-4)n2)cc1. The summed E-state index contributed by atoms with van der Waals surface area (Å²) in [5.41, 5.74) is 13.3. The second-order valence-electron chi connectivity index (χ2n) is 15.9. The second kappa shape index (κ2) is 13.7. The van der Waals surface area contributed by atoms with Gasteiger partial charge in [-0.15, -0.1) is 0 Å². The standard InChI is InChI=1S/C56H33N5O2/c1-4-16-34(17-5-1)49-51-50(41-22-10-13-25-46(41)63-51)58-54(57-49)37-28-30-39-40-31-29-38(55-60-52(35-18-6-2-7-19-35)59-53(61-55)36-20-8-3-9-21-36)33-45(40)56(44(39)32-37)42-23-11-14-26-47(42)62-48-27-15-12-24-43(48)56/h1-33H. The molecule has 0 bridgehead atoms. The van der Waals surface area contributed by atoms with Crippen LogP contribution in [0.3, 0.4) is 0 Å². The van der Waals surface area contributed by atoms with Crippen molar-refractivity contribution in [3.05, 3.63) is 222 Å². The van der Waals surface area contributed by atoms with E-state index >= 15 is 0 Å². The molecule has 3 aromatic heterocycles. The zero-order valence-electron chi connectivity index (χ0n) is 33.6. The number of hydrogen-bond donors (Lipinski definition) is 0. The molecule has 0 atom stereocenters. The molecule has 0 unspecified atom stereocenters. The van der Waals surface area contributed by atoms with E-state index in [1.54, 1.807) is 0 Å². The first-order chi connectivity index (χ1) is 31.2. The number of aromatic nitrogens is 5. The van der Waals surface area contributed by atoms with Gasteiger partial charge in [-0.3, -0.25) is 0 Å². The minimum absolute atomic E-state index is 0.591. The van der Waals surface area contributed by atoms with Gasteiger partial charge in [0, 0.05) is 44.3 Å². The molecule has 0 fully saturated rings. The maximum Gasteiger partial charge on any atom is 0.180 e. The zero-order valence-corrected chi connectivity index (χ0v) is 33.6. The summed E-state index contributed by atoms with van der Waals surface area (Å²) in [6.07, 6.45) is 0. The Bertz CT molecular complexity index is 3500. The van der Waals surface area contributed by atoms with Crippen LogP contribution in [0, 0.1) is 0 Å².